The molecule has 7 nitrogen and oxygen atoms in total. The Labute approximate surface area is 248 Å². The van der Waals surface area contributed by atoms with Crippen LogP contribution >= 0.6 is 11.6 Å². The van der Waals surface area contributed by atoms with Crippen molar-refractivity contribution in [2.24, 2.45) is 0 Å². The molecule has 0 aliphatic heterocycles. The van der Waals surface area contributed by atoms with Gasteiger partial charge in [0.2, 0.25) is 0 Å². The maximum atomic E-state index is 13.9. The molecule has 0 spiro atoms. The molecular weight excluding hydrogens is 618 g/mol. The summed E-state index contributed by atoms with van der Waals surface area (Å²) in [5.41, 5.74) is -2.18. The van der Waals surface area contributed by atoms with E-state index < -0.39 is 46.3 Å². The molecule has 0 bridgehead atoms. The molecule has 226 valence electrons. The summed E-state index contributed by atoms with van der Waals surface area (Å²) < 4.78 is 91.3. The van der Waals surface area contributed by atoms with E-state index in [2.05, 4.69) is 9.84 Å². The van der Waals surface area contributed by atoms with Gasteiger partial charge in [0, 0.05) is 10.9 Å². The number of carbonyl (C=O) groups excluding carboxylic acids is 1. The van der Waals surface area contributed by atoms with Gasteiger partial charge in [-0.2, -0.15) is 23.0 Å². The number of hydrogen-bond donors (Lipinski definition) is 1. The normalized spacial score (nSPS) is 11.9. The first-order valence-electron chi connectivity index (χ1n) is 12.5. The first-order chi connectivity index (χ1) is 20.7. The van der Waals surface area contributed by atoms with Gasteiger partial charge in [0.15, 0.2) is 0 Å². The molecule has 0 fully saturated rings. The molecule has 0 unspecified atom stereocenters. The number of fused-ring (bicyclic) bond motifs is 1. The fraction of sp³-hybridized carbons (Fsp3) is 0.100. The van der Waals surface area contributed by atoms with Crippen molar-refractivity contribution >= 4 is 34.4 Å². The predicted molar refractivity (Wildman–Crippen MR) is 146 cm³/mol. The van der Waals surface area contributed by atoms with Crippen molar-refractivity contribution in [3.63, 3.8) is 0 Å². The number of halogens is 7. The minimum absolute atomic E-state index is 0.0295. The summed E-state index contributed by atoms with van der Waals surface area (Å²) in [6.07, 6.45) is -10.1. The molecule has 0 amide bonds. The van der Waals surface area contributed by atoms with Gasteiger partial charge >= 0.3 is 18.5 Å². The van der Waals surface area contributed by atoms with Gasteiger partial charge < -0.3 is 14.6 Å². The van der Waals surface area contributed by atoms with Crippen LogP contribution in [0.4, 0.5) is 26.3 Å². The highest BCUT2D eigenvalue weighted by molar-refractivity contribution is 6.34. The first kappa shape index (κ1) is 30.4. The van der Waals surface area contributed by atoms with Crippen LogP contribution in [0.2, 0.25) is 5.02 Å². The zero-order valence-electron chi connectivity index (χ0n) is 21.9. The molecule has 0 aliphatic carbocycles. The molecule has 4 aromatic carbocycles. The number of aromatic carboxylic acids is 1. The van der Waals surface area contributed by atoms with Crippen molar-refractivity contribution in [2.75, 3.05) is 0 Å². The van der Waals surface area contributed by atoms with Crippen LogP contribution in [0.1, 0.15) is 31.8 Å². The lowest BCUT2D eigenvalue weighted by Crippen LogP contribution is -2.20. The molecule has 5 aromatic rings. The number of hydrogen-bond acceptors (Lipinski definition) is 5. The Bertz CT molecular complexity index is 1890. The zero-order valence-corrected chi connectivity index (χ0v) is 22.7. The lowest BCUT2D eigenvalue weighted by molar-refractivity contribution is -0.274. The molecule has 0 aliphatic rings. The average Bonchev–Trinajstić information content (AvgIpc) is 3.33. The first-order valence-corrected chi connectivity index (χ1v) is 12.8. The molecule has 5 rings (SSSR count). The molecule has 0 atom stereocenters. The van der Waals surface area contributed by atoms with Gasteiger partial charge in [-0.3, -0.25) is 4.79 Å². The summed E-state index contributed by atoms with van der Waals surface area (Å²) >= 11 is 6.04. The summed E-state index contributed by atoms with van der Waals surface area (Å²) in [5, 5.41) is 13.1. The highest BCUT2D eigenvalue weighted by atomic mass is 35.5. The van der Waals surface area contributed by atoms with E-state index in [4.69, 9.17) is 16.3 Å². The van der Waals surface area contributed by atoms with E-state index >= 15 is 0 Å². The summed E-state index contributed by atoms with van der Waals surface area (Å²) in [6, 6.07) is 17.8. The molecule has 0 saturated carbocycles. The zero-order chi connectivity index (χ0) is 31.8. The Hall–Kier alpha value is -5.04. The SMILES string of the molecule is O=C(O)c1ccc(-c2nn(C(=O)c3c(Cl)cccc3C(F)(F)F)c3ccc(OC(F)(F)F)cc23)c(OCc2ccccc2)c1. The molecule has 0 saturated heterocycles. The number of carbonyl (C=O) groups is 2. The highest BCUT2D eigenvalue weighted by Crippen LogP contribution is 2.40. The van der Waals surface area contributed by atoms with Crippen LogP contribution in [0.5, 0.6) is 11.5 Å². The van der Waals surface area contributed by atoms with Crippen LogP contribution in [0.3, 0.4) is 0 Å². The summed E-state index contributed by atoms with van der Waals surface area (Å²) in [6.45, 7) is -0.0640. The van der Waals surface area contributed by atoms with Crippen molar-refractivity contribution in [2.45, 2.75) is 19.1 Å². The number of ether oxygens (including phenoxy) is 2. The van der Waals surface area contributed by atoms with Gasteiger partial charge in [0.1, 0.15) is 23.8 Å². The van der Waals surface area contributed by atoms with E-state index in [1.807, 2.05) is 0 Å². The number of alkyl halides is 6. The monoisotopic (exact) mass is 634 g/mol. The molecule has 1 N–H and O–H groups in total. The topological polar surface area (TPSA) is 90.7 Å². The lowest BCUT2D eigenvalue weighted by atomic mass is 10.0. The van der Waals surface area contributed by atoms with E-state index in [-0.39, 0.29) is 40.1 Å². The van der Waals surface area contributed by atoms with Crippen LogP contribution in [0.25, 0.3) is 22.2 Å². The quantitative estimate of drug-likeness (QED) is 0.181. The maximum Gasteiger partial charge on any atom is 0.573 e. The van der Waals surface area contributed by atoms with E-state index in [1.165, 1.54) is 12.1 Å². The Balaban J connectivity index is 1.73. The smallest absolute Gasteiger partial charge is 0.488 e. The summed E-state index contributed by atoms with van der Waals surface area (Å²) in [4.78, 5) is 25.4. The van der Waals surface area contributed by atoms with Gasteiger partial charge in [0.05, 0.1) is 27.2 Å². The largest absolute Gasteiger partial charge is 0.573 e. The number of rotatable bonds is 7. The molecule has 0 radical (unpaired) electrons. The van der Waals surface area contributed by atoms with Crippen molar-refractivity contribution in [3.8, 4) is 22.8 Å². The second-order valence-corrected chi connectivity index (χ2v) is 9.65. The molecule has 1 aromatic heterocycles. The average molecular weight is 635 g/mol. The fourth-order valence-corrected chi connectivity index (χ4v) is 4.69. The summed E-state index contributed by atoms with van der Waals surface area (Å²) in [5.74, 6) is -3.42. The van der Waals surface area contributed by atoms with Crippen LogP contribution in [0, 0.1) is 0 Å². The Kier molecular flexibility index (Phi) is 8.00. The lowest BCUT2D eigenvalue weighted by Gasteiger charge is -2.13. The van der Waals surface area contributed by atoms with Crippen molar-refractivity contribution in [1.82, 2.24) is 9.78 Å². The third kappa shape index (κ3) is 6.32. The standard InChI is InChI=1S/C30H17ClF6N2O5/c31-22-8-4-7-21(29(32,33)34)25(22)27(40)39-23-12-10-18(44-30(35,36)37)14-20(23)26(38-39)19-11-9-17(28(41)42)13-24(19)43-15-16-5-2-1-3-6-16/h1-14H,15H2,(H,41,42). The third-order valence-electron chi connectivity index (χ3n) is 6.33. The highest BCUT2D eigenvalue weighted by Gasteiger charge is 2.38. The molecular formula is C30H17ClF6N2O5. The Morgan fingerprint density at radius 1 is 0.886 bits per heavy atom. The van der Waals surface area contributed by atoms with Gasteiger partial charge in [0.25, 0.3) is 5.91 Å². The minimum Gasteiger partial charge on any atom is -0.488 e. The third-order valence-corrected chi connectivity index (χ3v) is 6.65. The number of aromatic nitrogens is 2. The van der Waals surface area contributed by atoms with E-state index in [9.17, 15) is 41.0 Å². The predicted octanol–water partition coefficient (Wildman–Crippen LogP) is 8.24. The van der Waals surface area contributed by atoms with Crippen molar-refractivity contribution < 1.29 is 50.5 Å². The van der Waals surface area contributed by atoms with E-state index in [0.717, 1.165) is 36.4 Å². The van der Waals surface area contributed by atoms with Crippen LogP contribution < -0.4 is 9.47 Å². The summed E-state index contributed by atoms with van der Waals surface area (Å²) in [7, 11) is 0. The van der Waals surface area contributed by atoms with Crippen LogP contribution in [0.15, 0.2) is 84.9 Å². The van der Waals surface area contributed by atoms with Crippen molar-refractivity contribution in [3.05, 3.63) is 112 Å². The Morgan fingerprint density at radius 3 is 2.27 bits per heavy atom. The van der Waals surface area contributed by atoms with Crippen LogP contribution in [-0.4, -0.2) is 33.1 Å². The second-order valence-electron chi connectivity index (χ2n) is 9.24. The van der Waals surface area contributed by atoms with Gasteiger partial charge in [-0.05, 0) is 54.1 Å². The van der Waals surface area contributed by atoms with Gasteiger partial charge in [-0.15, -0.1) is 13.2 Å². The molecule has 14 heteroatoms. The maximum absolute atomic E-state index is 13.9. The van der Waals surface area contributed by atoms with Gasteiger partial charge in [-0.1, -0.05) is 48.0 Å². The van der Waals surface area contributed by atoms with E-state index in [1.54, 1.807) is 30.3 Å². The number of carboxylic acid groups (broad SMARTS) is 1. The van der Waals surface area contributed by atoms with Crippen LogP contribution in [-0.2, 0) is 12.8 Å². The fourth-order valence-electron chi connectivity index (χ4n) is 4.44. The Morgan fingerprint density at radius 2 is 1.61 bits per heavy atom. The number of nitrogens with zero attached hydrogens (tertiary/aromatic N) is 2. The minimum atomic E-state index is -5.09. The molecule has 44 heavy (non-hydrogen) atoms. The number of benzene rings is 4. The number of carboxylic acids is 1. The molecule has 1 heterocycles. The van der Waals surface area contributed by atoms with Gasteiger partial charge in [-0.25, -0.2) is 4.79 Å². The second kappa shape index (κ2) is 11.6. The van der Waals surface area contributed by atoms with E-state index in [0.29, 0.717) is 16.3 Å². The van der Waals surface area contributed by atoms with Crippen molar-refractivity contribution in [1.29, 1.82) is 0 Å².